The van der Waals surface area contributed by atoms with Gasteiger partial charge >= 0.3 is 5.97 Å². The molecule has 26 heavy (non-hydrogen) atoms. The van der Waals surface area contributed by atoms with Crippen LogP contribution in [0.5, 0.6) is 0 Å². The predicted molar refractivity (Wildman–Crippen MR) is 107 cm³/mol. The van der Waals surface area contributed by atoms with Crippen molar-refractivity contribution in [2.75, 3.05) is 25.0 Å². The van der Waals surface area contributed by atoms with Gasteiger partial charge in [0.2, 0.25) is 0 Å². The Morgan fingerprint density at radius 3 is 2.69 bits per heavy atom. The molecule has 1 aliphatic rings. The fourth-order valence-electron chi connectivity index (χ4n) is 2.90. The number of rotatable bonds is 5. The lowest BCUT2D eigenvalue weighted by Gasteiger charge is -2.25. The van der Waals surface area contributed by atoms with Crippen molar-refractivity contribution in [1.29, 1.82) is 0 Å². The zero-order valence-corrected chi connectivity index (χ0v) is 17.5. The van der Waals surface area contributed by atoms with Crippen molar-refractivity contribution in [3.63, 3.8) is 0 Å². The number of ether oxygens (including phenoxy) is 1. The van der Waals surface area contributed by atoms with Crippen LogP contribution in [0.25, 0.3) is 0 Å². The van der Waals surface area contributed by atoms with Crippen molar-refractivity contribution < 1.29 is 14.3 Å². The molecular formula is C17H18Cl2N2O3S2. The Bertz CT molecular complexity index is 847. The van der Waals surface area contributed by atoms with Crippen molar-refractivity contribution in [1.82, 2.24) is 4.90 Å². The van der Waals surface area contributed by atoms with E-state index in [0.717, 1.165) is 47.8 Å². The van der Waals surface area contributed by atoms with Crippen LogP contribution in [0.2, 0.25) is 8.67 Å². The molecular weight excluding hydrogens is 415 g/mol. The number of anilines is 1. The quantitative estimate of drug-likeness (QED) is 0.680. The Morgan fingerprint density at radius 1 is 1.31 bits per heavy atom. The highest BCUT2D eigenvalue weighted by Crippen LogP contribution is 2.39. The molecule has 140 valence electrons. The van der Waals surface area contributed by atoms with Gasteiger partial charge in [-0.25, -0.2) is 4.79 Å². The molecule has 0 spiro atoms. The molecule has 0 radical (unpaired) electrons. The zero-order chi connectivity index (χ0) is 18.8. The monoisotopic (exact) mass is 432 g/mol. The van der Waals surface area contributed by atoms with E-state index in [2.05, 4.69) is 17.1 Å². The third-order valence-corrected chi connectivity index (χ3v) is 6.81. The Hall–Kier alpha value is -1.12. The maximum Gasteiger partial charge on any atom is 0.341 e. The SMILES string of the molecule is CCOC(=O)c1c(NC(=O)c2cc(Cl)sc2Cl)sc2c1CCN(CC)C2. The number of carbonyl (C=O) groups excluding carboxylic acids is 2. The lowest BCUT2D eigenvalue weighted by Crippen LogP contribution is -2.30. The minimum Gasteiger partial charge on any atom is -0.462 e. The molecule has 1 N–H and O–H groups in total. The summed E-state index contributed by atoms with van der Waals surface area (Å²) in [6.45, 7) is 6.74. The van der Waals surface area contributed by atoms with Crippen LogP contribution in [0, 0.1) is 0 Å². The van der Waals surface area contributed by atoms with E-state index in [1.165, 1.54) is 17.4 Å². The maximum absolute atomic E-state index is 12.6. The summed E-state index contributed by atoms with van der Waals surface area (Å²) in [6, 6.07) is 1.53. The average Bonchev–Trinajstić information content (AvgIpc) is 3.13. The average molecular weight is 433 g/mol. The van der Waals surface area contributed by atoms with Crippen molar-refractivity contribution in [3.05, 3.63) is 36.3 Å². The van der Waals surface area contributed by atoms with Crippen LogP contribution in [0.3, 0.4) is 0 Å². The summed E-state index contributed by atoms with van der Waals surface area (Å²) in [7, 11) is 0. The molecule has 0 saturated carbocycles. The molecule has 3 heterocycles. The van der Waals surface area contributed by atoms with Crippen molar-refractivity contribution >= 4 is 62.8 Å². The highest BCUT2D eigenvalue weighted by Gasteiger charge is 2.29. The number of carbonyl (C=O) groups is 2. The van der Waals surface area contributed by atoms with Gasteiger partial charge in [0, 0.05) is 18.0 Å². The Morgan fingerprint density at radius 2 is 2.08 bits per heavy atom. The zero-order valence-electron chi connectivity index (χ0n) is 14.4. The maximum atomic E-state index is 12.6. The van der Waals surface area contributed by atoms with E-state index in [9.17, 15) is 9.59 Å². The minimum atomic E-state index is -0.403. The van der Waals surface area contributed by atoms with E-state index < -0.39 is 5.97 Å². The van der Waals surface area contributed by atoms with E-state index in [4.69, 9.17) is 27.9 Å². The van der Waals surface area contributed by atoms with Gasteiger partial charge in [0.05, 0.1) is 22.1 Å². The van der Waals surface area contributed by atoms with Gasteiger partial charge in [-0.2, -0.15) is 0 Å². The molecule has 9 heteroatoms. The molecule has 1 aliphatic heterocycles. The molecule has 0 atom stereocenters. The Balaban J connectivity index is 1.95. The number of hydrogen-bond donors (Lipinski definition) is 1. The van der Waals surface area contributed by atoms with Crippen molar-refractivity contribution in [3.8, 4) is 0 Å². The number of fused-ring (bicyclic) bond motifs is 1. The number of halogens is 2. The number of nitrogens with one attached hydrogen (secondary N) is 1. The number of nitrogens with zero attached hydrogens (tertiary/aromatic N) is 1. The predicted octanol–water partition coefficient (Wildman–Crippen LogP) is 4.92. The standard InChI is InChI=1S/C17H18Cl2N2O3S2/c1-3-21-6-5-9-11(8-21)25-16(13(9)17(23)24-4-2)20-15(22)10-7-12(18)26-14(10)19/h7H,3-6,8H2,1-2H3,(H,20,22). The highest BCUT2D eigenvalue weighted by atomic mass is 35.5. The summed E-state index contributed by atoms with van der Waals surface area (Å²) in [6.07, 6.45) is 0.759. The molecule has 0 saturated heterocycles. The summed E-state index contributed by atoms with van der Waals surface area (Å²) in [5.41, 5.74) is 1.74. The largest absolute Gasteiger partial charge is 0.462 e. The second kappa shape index (κ2) is 8.27. The highest BCUT2D eigenvalue weighted by molar-refractivity contribution is 7.20. The van der Waals surface area contributed by atoms with Gasteiger partial charge < -0.3 is 10.1 Å². The fraction of sp³-hybridized carbons (Fsp3) is 0.412. The molecule has 2 aromatic heterocycles. The summed E-state index contributed by atoms with van der Waals surface area (Å²) in [5, 5.41) is 3.34. The van der Waals surface area contributed by atoms with Crippen LogP contribution in [-0.2, 0) is 17.7 Å². The van der Waals surface area contributed by atoms with Crippen molar-refractivity contribution in [2.45, 2.75) is 26.8 Å². The first-order valence-corrected chi connectivity index (χ1v) is 10.6. The van der Waals surface area contributed by atoms with Gasteiger partial charge in [0.15, 0.2) is 0 Å². The summed E-state index contributed by atoms with van der Waals surface area (Å²) < 4.78 is 5.98. The molecule has 0 aliphatic carbocycles. The first-order valence-electron chi connectivity index (χ1n) is 8.24. The second-order valence-electron chi connectivity index (χ2n) is 5.74. The van der Waals surface area contributed by atoms with Crippen LogP contribution < -0.4 is 5.32 Å². The molecule has 0 unspecified atom stereocenters. The number of thiophene rings is 2. The molecule has 0 aromatic carbocycles. The second-order valence-corrected chi connectivity index (χ2v) is 9.13. The molecule has 3 rings (SSSR count). The normalized spacial score (nSPS) is 14.2. The fourth-order valence-corrected chi connectivity index (χ4v) is 5.63. The Labute approximate surface area is 169 Å². The van der Waals surface area contributed by atoms with E-state index in [-0.39, 0.29) is 12.5 Å². The van der Waals surface area contributed by atoms with Crippen LogP contribution in [0.15, 0.2) is 6.07 Å². The van der Waals surface area contributed by atoms with Gasteiger partial charge in [-0.05, 0) is 31.5 Å². The first-order chi connectivity index (χ1) is 12.4. The lowest BCUT2D eigenvalue weighted by molar-refractivity contribution is 0.0526. The summed E-state index contributed by atoms with van der Waals surface area (Å²) in [5.74, 6) is -0.783. The lowest BCUT2D eigenvalue weighted by atomic mass is 10.0. The molecule has 0 fully saturated rings. The van der Waals surface area contributed by atoms with E-state index in [0.29, 0.717) is 24.8 Å². The number of likely N-dealkylation sites (N-methyl/N-ethyl adjacent to an activating group) is 1. The van der Waals surface area contributed by atoms with Crippen LogP contribution in [0.4, 0.5) is 5.00 Å². The van der Waals surface area contributed by atoms with E-state index in [1.807, 2.05) is 0 Å². The van der Waals surface area contributed by atoms with Gasteiger partial charge in [0.1, 0.15) is 9.34 Å². The number of amides is 1. The van der Waals surface area contributed by atoms with E-state index in [1.54, 1.807) is 6.92 Å². The third-order valence-electron chi connectivity index (χ3n) is 4.19. The van der Waals surface area contributed by atoms with Crippen LogP contribution in [0.1, 0.15) is 45.0 Å². The van der Waals surface area contributed by atoms with Crippen LogP contribution >= 0.6 is 45.9 Å². The van der Waals surface area contributed by atoms with Gasteiger partial charge in [-0.15, -0.1) is 22.7 Å². The number of esters is 1. The summed E-state index contributed by atoms with van der Waals surface area (Å²) in [4.78, 5) is 28.5. The topological polar surface area (TPSA) is 58.6 Å². The minimum absolute atomic E-state index is 0.282. The molecule has 0 bridgehead atoms. The first kappa shape index (κ1) is 19.6. The number of hydrogen-bond acceptors (Lipinski definition) is 6. The van der Waals surface area contributed by atoms with Gasteiger partial charge in [0.25, 0.3) is 5.91 Å². The summed E-state index contributed by atoms with van der Waals surface area (Å²) >= 11 is 14.6. The van der Waals surface area contributed by atoms with Gasteiger partial charge in [-0.1, -0.05) is 30.1 Å². The molecule has 1 amide bonds. The molecule has 5 nitrogen and oxygen atoms in total. The van der Waals surface area contributed by atoms with E-state index >= 15 is 0 Å². The third kappa shape index (κ3) is 3.92. The van der Waals surface area contributed by atoms with Crippen molar-refractivity contribution in [2.24, 2.45) is 0 Å². The molecule has 2 aromatic rings. The smallest absolute Gasteiger partial charge is 0.341 e. The van der Waals surface area contributed by atoms with Gasteiger partial charge in [-0.3, -0.25) is 9.69 Å². The Kier molecular flexibility index (Phi) is 6.25. The van der Waals surface area contributed by atoms with Crippen LogP contribution in [-0.4, -0.2) is 36.5 Å².